The van der Waals surface area contributed by atoms with Gasteiger partial charge in [0.05, 0.1) is 6.54 Å². The summed E-state index contributed by atoms with van der Waals surface area (Å²) < 4.78 is 1.79. The molecule has 0 saturated heterocycles. The zero-order valence-corrected chi connectivity index (χ0v) is 6.35. The Morgan fingerprint density at radius 2 is 2.45 bits per heavy atom. The lowest BCUT2D eigenvalue weighted by molar-refractivity contribution is 0.470. The third kappa shape index (κ3) is 1.57. The first kappa shape index (κ1) is 6.79. The molecule has 0 amide bonds. The Bertz CT molecular complexity index is 214. The van der Waals surface area contributed by atoms with Crippen LogP contribution in [0.4, 0.5) is 0 Å². The Labute approximate surface area is 65.4 Å². The van der Waals surface area contributed by atoms with Crippen LogP contribution in [0.15, 0.2) is 12.7 Å². The molecule has 1 atom stereocenters. The number of nitrogens with two attached hydrogens (primary N) is 1. The van der Waals surface area contributed by atoms with E-state index >= 15 is 0 Å². The molecule has 1 unspecified atom stereocenters. The van der Waals surface area contributed by atoms with Crippen LogP contribution < -0.4 is 5.73 Å². The second-order valence-corrected chi connectivity index (χ2v) is 3.12. The average molecular weight is 152 g/mol. The van der Waals surface area contributed by atoms with E-state index in [0.29, 0.717) is 0 Å². The zero-order chi connectivity index (χ0) is 7.68. The van der Waals surface area contributed by atoms with Gasteiger partial charge in [0, 0.05) is 6.04 Å². The summed E-state index contributed by atoms with van der Waals surface area (Å²) >= 11 is 0. The molecule has 0 radical (unpaired) electrons. The van der Waals surface area contributed by atoms with Crippen molar-refractivity contribution >= 4 is 0 Å². The van der Waals surface area contributed by atoms with Gasteiger partial charge in [-0.3, -0.25) is 4.68 Å². The van der Waals surface area contributed by atoms with Gasteiger partial charge in [0.1, 0.15) is 12.7 Å². The number of hydrogen-bond acceptors (Lipinski definition) is 3. The van der Waals surface area contributed by atoms with Crippen molar-refractivity contribution in [2.24, 2.45) is 11.7 Å². The van der Waals surface area contributed by atoms with Crippen LogP contribution in [0.2, 0.25) is 0 Å². The van der Waals surface area contributed by atoms with E-state index in [1.165, 1.54) is 12.8 Å². The Balaban J connectivity index is 1.89. The first-order valence-corrected chi connectivity index (χ1v) is 3.94. The highest BCUT2D eigenvalue weighted by molar-refractivity contribution is 4.83. The van der Waals surface area contributed by atoms with Gasteiger partial charge in [-0.05, 0) is 18.8 Å². The quantitative estimate of drug-likeness (QED) is 0.664. The number of hydrogen-bond donors (Lipinski definition) is 1. The maximum atomic E-state index is 5.88. The fourth-order valence-electron chi connectivity index (χ4n) is 1.22. The Morgan fingerprint density at radius 1 is 1.64 bits per heavy atom. The summed E-state index contributed by atoms with van der Waals surface area (Å²) in [6.07, 6.45) is 5.83. The van der Waals surface area contributed by atoms with Crippen molar-refractivity contribution in [1.29, 1.82) is 0 Å². The molecule has 0 aliphatic heterocycles. The number of rotatable bonds is 3. The van der Waals surface area contributed by atoms with Gasteiger partial charge in [-0.25, -0.2) is 4.98 Å². The Hall–Kier alpha value is -0.900. The topological polar surface area (TPSA) is 56.7 Å². The lowest BCUT2D eigenvalue weighted by Gasteiger charge is -2.08. The second-order valence-electron chi connectivity index (χ2n) is 3.12. The zero-order valence-electron chi connectivity index (χ0n) is 6.35. The van der Waals surface area contributed by atoms with Crippen molar-refractivity contribution in [2.45, 2.75) is 25.4 Å². The van der Waals surface area contributed by atoms with Crippen molar-refractivity contribution < 1.29 is 0 Å². The van der Waals surface area contributed by atoms with Crippen LogP contribution in [0.5, 0.6) is 0 Å². The second kappa shape index (κ2) is 2.62. The molecular weight excluding hydrogens is 140 g/mol. The standard InChI is InChI=1S/C7H12N4/c8-7(6-1-2-6)3-11-5-9-4-10-11/h4-7H,1-3,8H2. The molecule has 2 rings (SSSR count). The highest BCUT2D eigenvalue weighted by Gasteiger charge is 2.28. The Kier molecular flexibility index (Phi) is 1.62. The van der Waals surface area contributed by atoms with Gasteiger partial charge in [-0.15, -0.1) is 0 Å². The highest BCUT2D eigenvalue weighted by atomic mass is 15.3. The van der Waals surface area contributed by atoms with Crippen molar-refractivity contribution in [1.82, 2.24) is 14.8 Å². The predicted molar refractivity (Wildman–Crippen MR) is 40.7 cm³/mol. The van der Waals surface area contributed by atoms with Gasteiger partial charge in [-0.1, -0.05) is 0 Å². The molecule has 1 aromatic rings. The van der Waals surface area contributed by atoms with E-state index in [-0.39, 0.29) is 6.04 Å². The van der Waals surface area contributed by atoms with Crippen LogP contribution in [-0.4, -0.2) is 20.8 Å². The van der Waals surface area contributed by atoms with Crippen molar-refractivity contribution in [2.75, 3.05) is 0 Å². The van der Waals surface area contributed by atoms with E-state index in [0.717, 1.165) is 12.5 Å². The fourth-order valence-corrected chi connectivity index (χ4v) is 1.22. The fraction of sp³-hybridized carbons (Fsp3) is 0.714. The summed E-state index contributed by atoms with van der Waals surface area (Å²) in [5, 5.41) is 3.99. The Morgan fingerprint density at radius 3 is 3.00 bits per heavy atom. The minimum Gasteiger partial charge on any atom is -0.326 e. The molecule has 4 heteroatoms. The maximum Gasteiger partial charge on any atom is 0.137 e. The van der Waals surface area contributed by atoms with Crippen LogP contribution in [0.1, 0.15) is 12.8 Å². The number of aromatic nitrogens is 3. The van der Waals surface area contributed by atoms with Crippen molar-refractivity contribution in [3.05, 3.63) is 12.7 Å². The largest absolute Gasteiger partial charge is 0.326 e. The molecule has 1 aromatic heterocycles. The van der Waals surface area contributed by atoms with Crippen LogP contribution in [0.25, 0.3) is 0 Å². The van der Waals surface area contributed by atoms with E-state index in [9.17, 15) is 0 Å². The van der Waals surface area contributed by atoms with Crippen LogP contribution in [0, 0.1) is 5.92 Å². The summed E-state index contributed by atoms with van der Waals surface area (Å²) in [5.74, 6) is 0.735. The van der Waals surface area contributed by atoms with Gasteiger partial charge in [-0.2, -0.15) is 5.10 Å². The van der Waals surface area contributed by atoms with E-state index in [2.05, 4.69) is 10.1 Å². The average Bonchev–Trinajstić information content (AvgIpc) is 2.73. The molecule has 0 spiro atoms. The molecule has 1 heterocycles. The molecule has 0 aromatic carbocycles. The molecule has 11 heavy (non-hydrogen) atoms. The molecule has 1 fully saturated rings. The van der Waals surface area contributed by atoms with Crippen molar-refractivity contribution in [3.63, 3.8) is 0 Å². The smallest absolute Gasteiger partial charge is 0.137 e. The van der Waals surface area contributed by atoms with Crippen LogP contribution in [0.3, 0.4) is 0 Å². The third-order valence-corrected chi connectivity index (χ3v) is 2.09. The molecule has 4 nitrogen and oxygen atoms in total. The monoisotopic (exact) mass is 152 g/mol. The number of nitrogens with zero attached hydrogens (tertiary/aromatic N) is 3. The van der Waals surface area contributed by atoms with E-state index in [4.69, 9.17) is 5.73 Å². The van der Waals surface area contributed by atoms with Gasteiger partial charge in [0.2, 0.25) is 0 Å². The van der Waals surface area contributed by atoms with Gasteiger partial charge in [0.25, 0.3) is 0 Å². The molecule has 1 aliphatic carbocycles. The first-order valence-electron chi connectivity index (χ1n) is 3.94. The predicted octanol–water partition coefficient (Wildman–Crippen LogP) is 0.0154. The summed E-state index contributed by atoms with van der Waals surface area (Å²) in [5.41, 5.74) is 5.88. The molecule has 2 N–H and O–H groups in total. The lowest BCUT2D eigenvalue weighted by Crippen LogP contribution is -2.28. The third-order valence-electron chi connectivity index (χ3n) is 2.09. The maximum absolute atomic E-state index is 5.88. The van der Waals surface area contributed by atoms with Crippen molar-refractivity contribution in [3.8, 4) is 0 Å². The van der Waals surface area contributed by atoms with Gasteiger partial charge in [0.15, 0.2) is 0 Å². The molecule has 1 saturated carbocycles. The summed E-state index contributed by atoms with van der Waals surface area (Å²) in [6, 6.07) is 0.275. The molecular formula is C7H12N4. The minimum absolute atomic E-state index is 0.275. The molecule has 1 aliphatic rings. The molecule has 60 valence electrons. The minimum atomic E-state index is 0.275. The summed E-state index contributed by atoms with van der Waals surface area (Å²) in [6.45, 7) is 0.810. The molecule has 0 bridgehead atoms. The lowest BCUT2D eigenvalue weighted by atomic mass is 10.2. The van der Waals surface area contributed by atoms with Gasteiger partial charge >= 0.3 is 0 Å². The van der Waals surface area contributed by atoms with Crippen LogP contribution >= 0.6 is 0 Å². The van der Waals surface area contributed by atoms with Crippen LogP contribution in [-0.2, 0) is 6.54 Å². The van der Waals surface area contributed by atoms with E-state index < -0.39 is 0 Å². The summed E-state index contributed by atoms with van der Waals surface area (Å²) in [7, 11) is 0. The SMILES string of the molecule is NC(Cn1cncn1)C1CC1. The highest BCUT2D eigenvalue weighted by Crippen LogP contribution is 2.31. The first-order chi connectivity index (χ1) is 5.36. The van der Waals surface area contributed by atoms with Gasteiger partial charge < -0.3 is 5.73 Å². The summed E-state index contributed by atoms with van der Waals surface area (Å²) in [4.78, 5) is 3.85. The van der Waals surface area contributed by atoms with E-state index in [1.54, 1.807) is 17.3 Å². The normalized spacial score (nSPS) is 20.1. The van der Waals surface area contributed by atoms with E-state index in [1.807, 2.05) is 0 Å².